The van der Waals surface area contributed by atoms with E-state index in [0.717, 1.165) is 32.1 Å². The van der Waals surface area contributed by atoms with E-state index in [9.17, 15) is 14.4 Å². The molecule has 8 nitrogen and oxygen atoms in total. The van der Waals surface area contributed by atoms with Crippen molar-refractivity contribution in [3.63, 3.8) is 0 Å². The van der Waals surface area contributed by atoms with Crippen LogP contribution < -0.4 is 5.32 Å². The highest BCUT2D eigenvalue weighted by Crippen LogP contribution is 2.20. The molecular formula is C19H23N5O3. The second-order valence-electron chi connectivity index (χ2n) is 7.13. The van der Waals surface area contributed by atoms with Crippen LogP contribution in [-0.4, -0.2) is 69.6 Å². The monoisotopic (exact) mass is 369 g/mol. The van der Waals surface area contributed by atoms with Crippen LogP contribution in [0.5, 0.6) is 0 Å². The summed E-state index contributed by atoms with van der Waals surface area (Å²) >= 11 is 0. The van der Waals surface area contributed by atoms with Crippen LogP contribution in [0, 0.1) is 0 Å². The summed E-state index contributed by atoms with van der Waals surface area (Å²) in [6, 6.07) is 5.63. The number of imidazole rings is 1. The zero-order valence-corrected chi connectivity index (χ0v) is 15.1. The maximum atomic E-state index is 13.0. The van der Waals surface area contributed by atoms with Gasteiger partial charge in [-0.3, -0.25) is 18.8 Å². The van der Waals surface area contributed by atoms with Crippen LogP contribution >= 0.6 is 0 Å². The van der Waals surface area contributed by atoms with Gasteiger partial charge >= 0.3 is 0 Å². The second-order valence-corrected chi connectivity index (χ2v) is 7.13. The zero-order valence-electron chi connectivity index (χ0n) is 15.1. The van der Waals surface area contributed by atoms with Gasteiger partial charge in [0.05, 0.1) is 5.52 Å². The van der Waals surface area contributed by atoms with Gasteiger partial charge in [-0.1, -0.05) is 18.9 Å². The molecule has 2 fully saturated rings. The Morgan fingerprint density at radius 1 is 1.11 bits per heavy atom. The van der Waals surface area contributed by atoms with Gasteiger partial charge in [-0.15, -0.1) is 0 Å². The lowest BCUT2D eigenvalue weighted by Crippen LogP contribution is -2.48. The normalized spacial score (nSPS) is 18.1. The Labute approximate surface area is 157 Å². The molecule has 3 amide bonds. The van der Waals surface area contributed by atoms with Gasteiger partial charge in [0, 0.05) is 38.4 Å². The fourth-order valence-electron chi connectivity index (χ4n) is 3.86. The minimum absolute atomic E-state index is 0.184. The number of pyridine rings is 1. The first-order valence-electron chi connectivity index (χ1n) is 9.44. The quantitative estimate of drug-likeness (QED) is 0.812. The molecule has 2 aromatic heterocycles. The highest BCUT2D eigenvalue weighted by molar-refractivity contribution is 6.02. The first-order valence-corrected chi connectivity index (χ1v) is 9.44. The van der Waals surface area contributed by atoms with E-state index in [1.54, 1.807) is 26.5 Å². The second kappa shape index (κ2) is 7.38. The Balaban J connectivity index is 1.60. The van der Waals surface area contributed by atoms with Crippen LogP contribution in [0.3, 0.4) is 0 Å². The molecule has 0 unspecified atom stereocenters. The van der Waals surface area contributed by atoms with Gasteiger partial charge in [0.2, 0.25) is 12.2 Å². The molecule has 2 aliphatic rings. The number of hydrogen-bond acceptors (Lipinski definition) is 4. The minimum atomic E-state index is -0.243. The first kappa shape index (κ1) is 17.5. The molecule has 0 atom stereocenters. The van der Waals surface area contributed by atoms with Crippen molar-refractivity contribution in [2.24, 2.45) is 0 Å². The molecule has 4 rings (SSSR count). The number of fused-ring (bicyclic) bond motifs is 1. The smallest absolute Gasteiger partial charge is 0.287 e. The third-order valence-electron chi connectivity index (χ3n) is 5.39. The number of carbonyl (C=O) groups excluding carboxylic acids is 3. The van der Waals surface area contributed by atoms with Gasteiger partial charge in [-0.2, -0.15) is 0 Å². The molecule has 1 N–H and O–H groups in total. The topological polar surface area (TPSA) is 87.0 Å². The molecule has 1 saturated heterocycles. The average Bonchev–Trinajstić information content (AvgIpc) is 3.35. The van der Waals surface area contributed by atoms with E-state index in [-0.39, 0.29) is 29.4 Å². The maximum Gasteiger partial charge on any atom is 0.287 e. The highest BCUT2D eigenvalue weighted by Gasteiger charge is 2.28. The van der Waals surface area contributed by atoms with Gasteiger partial charge in [0.1, 0.15) is 0 Å². The summed E-state index contributed by atoms with van der Waals surface area (Å²) in [7, 11) is 0. The summed E-state index contributed by atoms with van der Waals surface area (Å²) in [5.41, 5.74) is 0.906. The van der Waals surface area contributed by atoms with Crippen LogP contribution in [0.25, 0.3) is 5.52 Å². The van der Waals surface area contributed by atoms with E-state index >= 15 is 0 Å². The van der Waals surface area contributed by atoms with Crippen molar-refractivity contribution >= 4 is 23.7 Å². The predicted molar refractivity (Wildman–Crippen MR) is 98.5 cm³/mol. The molecular weight excluding hydrogens is 346 g/mol. The summed E-state index contributed by atoms with van der Waals surface area (Å²) in [5, 5.41) is 3.04. The van der Waals surface area contributed by atoms with E-state index < -0.39 is 0 Å². The third-order valence-corrected chi connectivity index (χ3v) is 5.39. The van der Waals surface area contributed by atoms with Gasteiger partial charge in [-0.05, 0) is 25.0 Å². The Morgan fingerprint density at radius 3 is 2.56 bits per heavy atom. The van der Waals surface area contributed by atoms with E-state index in [1.807, 2.05) is 12.1 Å². The molecule has 27 heavy (non-hydrogen) atoms. The van der Waals surface area contributed by atoms with E-state index in [0.29, 0.717) is 31.7 Å². The summed E-state index contributed by atoms with van der Waals surface area (Å²) in [6.45, 7) is 1.95. The van der Waals surface area contributed by atoms with Crippen molar-refractivity contribution in [1.29, 1.82) is 0 Å². The highest BCUT2D eigenvalue weighted by atomic mass is 16.2. The SMILES string of the molecule is O=CN1CCN(C(=O)c2nc(C(=O)NC3CCCC3)n3ccccc23)CC1. The van der Waals surface area contributed by atoms with Crippen molar-refractivity contribution in [2.75, 3.05) is 26.2 Å². The van der Waals surface area contributed by atoms with Gasteiger partial charge < -0.3 is 15.1 Å². The minimum Gasteiger partial charge on any atom is -0.347 e. The molecule has 3 heterocycles. The standard InChI is InChI=1S/C19H23N5O3/c25-13-22-9-11-23(12-10-22)19(27)16-15-7-3-4-8-24(15)17(21-16)18(26)20-14-5-1-2-6-14/h3-4,7-8,13-14H,1-2,5-6,9-12H2,(H,20,26). The van der Waals surface area contributed by atoms with Crippen LogP contribution in [-0.2, 0) is 4.79 Å². The number of aromatic nitrogens is 2. The summed E-state index contributed by atoms with van der Waals surface area (Å²) in [4.78, 5) is 44.4. The van der Waals surface area contributed by atoms with Crippen molar-refractivity contribution in [3.8, 4) is 0 Å². The first-order chi connectivity index (χ1) is 13.2. The number of carbonyl (C=O) groups is 3. The van der Waals surface area contributed by atoms with Crippen molar-refractivity contribution in [3.05, 3.63) is 35.9 Å². The Hall–Kier alpha value is -2.90. The molecule has 1 aliphatic carbocycles. The molecule has 0 radical (unpaired) electrons. The molecule has 0 aromatic carbocycles. The molecule has 142 valence electrons. The van der Waals surface area contributed by atoms with E-state index in [1.165, 1.54) is 0 Å². The van der Waals surface area contributed by atoms with E-state index in [2.05, 4.69) is 10.3 Å². The largest absolute Gasteiger partial charge is 0.347 e. The number of nitrogens with zero attached hydrogens (tertiary/aromatic N) is 4. The zero-order chi connectivity index (χ0) is 18.8. The average molecular weight is 369 g/mol. The van der Waals surface area contributed by atoms with Gasteiger partial charge in [-0.25, -0.2) is 4.98 Å². The van der Waals surface area contributed by atoms with Crippen molar-refractivity contribution in [1.82, 2.24) is 24.5 Å². The van der Waals surface area contributed by atoms with Crippen LogP contribution in [0.1, 0.15) is 46.8 Å². The van der Waals surface area contributed by atoms with Crippen molar-refractivity contribution < 1.29 is 14.4 Å². The fourth-order valence-corrected chi connectivity index (χ4v) is 3.86. The lowest BCUT2D eigenvalue weighted by atomic mass is 10.2. The van der Waals surface area contributed by atoms with Crippen LogP contribution in [0.2, 0.25) is 0 Å². The summed E-state index contributed by atoms with van der Waals surface area (Å²) in [6.07, 6.45) is 6.80. The van der Waals surface area contributed by atoms with Crippen molar-refractivity contribution in [2.45, 2.75) is 31.7 Å². The number of nitrogens with one attached hydrogen (secondary N) is 1. The van der Waals surface area contributed by atoms with Gasteiger partial charge in [0.25, 0.3) is 11.8 Å². The third kappa shape index (κ3) is 3.39. The molecule has 1 aliphatic heterocycles. The number of hydrogen-bond donors (Lipinski definition) is 1. The van der Waals surface area contributed by atoms with Gasteiger partial charge in [0.15, 0.2) is 5.69 Å². The number of piperazine rings is 1. The maximum absolute atomic E-state index is 13.0. The molecule has 8 heteroatoms. The van der Waals surface area contributed by atoms with E-state index in [4.69, 9.17) is 0 Å². The molecule has 0 spiro atoms. The fraction of sp³-hybridized carbons (Fsp3) is 0.474. The van der Waals surface area contributed by atoms with Crippen LogP contribution in [0.15, 0.2) is 24.4 Å². The molecule has 2 aromatic rings. The molecule has 1 saturated carbocycles. The summed E-state index contributed by atoms with van der Waals surface area (Å²) in [5.74, 6) is -0.204. The lowest BCUT2D eigenvalue weighted by molar-refractivity contribution is -0.119. The Morgan fingerprint density at radius 2 is 1.85 bits per heavy atom. The number of amides is 3. The number of rotatable bonds is 4. The summed E-state index contributed by atoms with van der Waals surface area (Å²) < 4.78 is 1.68. The lowest BCUT2D eigenvalue weighted by Gasteiger charge is -2.32. The molecule has 0 bridgehead atoms. The predicted octanol–water partition coefficient (Wildman–Crippen LogP) is 0.921. The Bertz CT molecular complexity index is 863. The Kier molecular flexibility index (Phi) is 4.79. The van der Waals surface area contributed by atoms with Crippen LogP contribution in [0.4, 0.5) is 0 Å².